The first-order valence-corrected chi connectivity index (χ1v) is 14.7. The predicted octanol–water partition coefficient (Wildman–Crippen LogP) is 7.22. The molecule has 8 atom stereocenters. The Hall–Kier alpha value is -0.390. The highest BCUT2D eigenvalue weighted by Gasteiger charge is 2.59. The maximum atomic E-state index is 11.2. The summed E-state index contributed by atoms with van der Waals surface area (Å²) in [6.07, 6.45) is 15.1. The maximum Gasteiger partial charge on any atom is 0.397 e. The van der Waals surface area contributed by atoms with E-state index in [2.05, 4.69) is 40.7 Å². The number of allylic oxidation sites excluding steroid dienone is 1. The molecule has 0 radical (unpaired) electrons. The minimum Gasteiger partial charge on any atom is -0.264 e. The van der Waals surface area contributed by atoms with E-state index in [1.807, 2.05) is 0 Å². The smallest absolute Gasteiger partial charge is 0.264 e. The summed E-state index contributed by atoms with van der Waals surface area (Å²) in [5.74, 6) is 4.83. The van der Waals surface area contributed by atoms with Crippen LogP contribution in [-0.2, 0) is 14.6 Å². The lowest BCUT2D eigenvalue weighted by molar-refractivity contribution is -0.0560. The second-order valence-electron chi connectivity index (χ2n) is 12.7. The van der Waals surface area contributed by atoms with Crippen molar-refractivity contribution in [3.8, 4) is 0 Å². The van der Waals surface area contributed by atoms with Crippen LogP contribution >= 0.6 is 0 Å². The maximum absolute atomic E-state index is 11.2. The molecule has 0 spiro atoms. The molecule has 3 saturated carbocycles. The standard InChI is InChI=1S/C27H46O4S/c1-18(2)7-6-8-19(3)23-11-12-24-22-10-9-20-17-21(31-32(28,29)30)13-15-26(20,4)25(22)14-16-27(23,24)5/h9,18-19,21-25H,6-8,10-17H2,1-5H3,(H,28,29,30)/t19-,21+,22?,23-,24+,25+,26+,27-/m1/s1. The predicted molar refractivity (Wildman–Crippen MR) is 129 cm³/mol. The molecule has 4 aliphatic carbocycles. The van der Waals surface area contributed by atoms with Crippen LogP contribution in [0.2, 0.25) is 0 Å². The van der Waals surface area contributed by atoms with E-state index in [0.717, 1.165) is 42.4 Å². The van der Waals surface area contributed by atoms with Gasteiger partial charge >= 0.3 is 10.4 Å². The molecule has 5 heteroatoms. The van der Waals surface area contributed by atoms with E-state index in [9.17, 15) is 8.42 Å². The second-order valence-corrected chi connectivity index (χ2v) is 13.7. The Balaban J connectivity index is 1.47. The van der Waals surface area contributed by atoms with Crippen molar-refractivity contribution in [2.24, 2.45) is 46.3 Å². The van der Waals surface area contributed by atoms with Crippen molar-refractivity contribution in [2.45, 2.75) is 111 Å². The van der Waals surface area contributed by atoms with Crippen molar-refractivity contribution in [1.29, 1.82) is 0 Å². The average Bonchev–Trinajstić information content (AvgIpc) is 3.04. The molecule has 4 rings (SSSR count). The van der Waals surface area contributed by atoms with Gasteiger partial charge in [0.25, 0.3) is 0 Å². The molecule has 1 N–H and O–H groups in total. The fourth-order valence-corrected chi connectivity index (χ4v) is 9.41. The molecule has 0 amide bonds. The molecule has 0 aromatic carbocycles. The molecule has 0 heterocycles. The van der Waals surface area contributed by atoms with E-state index in [1.54, 1.807) is 0 Å². The number of rotatable bonds is 7. The lowest BCUT2D eigenvalue weighted by atomic mass is 9.47. The van der Waals surface area contributed by atoms with Gasteiger partial charge in [0.1, 0.15) is 0 Å². The highest BCUT2D eigenvalue weighted by Crippen LogP contribution is 2.67. The van der Waals surface area contributed by atoms with Crippen LogP contribution in [0.4, 0.5) is 0 Å². The number of hydrogen-bond donors (Lipinski definition) is 1. The molecule has 0 aromatic rings. The quantitative estimate of drug-likeness (QED) is 0.318. The van der Waals surface area contributed by atoms with E-state index in [4.69, 9.17) is 8.74 Å². The Morgan fingerprint density at radius 2 is 1.81 bits per heavy atom. The minimum atomic E-state index is -4.38. The fraction of sp³-hybridized carbons (Fsp3) is 0.926. The Morgan fingerprint density at radius 1 is 1.06 bits per heavy atom. The van der Waals surface area contributed by atoms with Crippen LogP contribution in [0.3, 0.4) is 0 Å². The van der Waals surface area contributed by atoms with Gasteiger partial charge in [-0.25, -0.2) is 4.18 Å². The monoisotopic (exact) mass is 466 g/mol. The molecule has 32 heavy (non-hydrogen) atoms. The Labute approximate surface area is 196 Å². The van der Waals surface area contributed by atoms with Crippen molar-refractivity contribution in [2.75, 3.05) is 0 Å². The SMILES string of the molecule is CC(C)CCC[C@@H](C)[C@H]1CC[C@H]2C3CC=C4C[C@@H](OS(=O)(=O)O)CC[C@]4(C)[C@H]3CC[C@]12C. The Kier molecular flexibility index (Phi) is 6.95. The van der Waals surface area contributed by atoms with Crippen molar-refractivity contribution < 1.29 is 17.2 Å². The van der Waals surface area contributed by atoms with Crippen LogP contribution in [0.15, 0.2) is 11.6 Å². The van der Waals surface area contributed by atoms with Gasteiger partial charge in [-0.2, -0.15) is 8.42 Å². The molecule has 0 aliphatic heterocycles. The van der Waals surface area contributed by atoms with Gasteiger partial charge in [-0.3, -0.25) is 4.55 Å². The summed E-state index contributed by atoms with van der Waals surface area (Å²) >= 11 is 0. The largest absolute Gasteiger partial charge is 0.397 e. The topological polar surface area (TPSA) is 63.6 Å². The summed E-state index contributed by atoms with van der Waals surface area (Å²) < 4.78 is 36.6. The first kappa shape index (κ1) is 24.7. The number of hydrogen-bond acceptors (Lipinski definition) is 3. The fourth-order valence-electron chi connectivity index (χ4n) is 8.91. The van der Waals surface area contributed by atoms with Gasteiger partial charge in [-0.05, 0) is 97.7 Å². The Morgan fingerprint density at radius 3 is 2.50 bits per heavy atom. The zero-order chi connectivity index (χ0) is 23.3. The van der Waals surface area contributed by atoms with Crippen LogP contribution in [0.5, 0.6) is 0 Å². The minimum absolute atomic E-state index is 0.171. The Bertz CT molecular complexity index is 818. The summed E-state index contributed by atoms with van der Waals surface area (Å²) in [6.45, 7) is 12.3. The third kappa shape index (κ3) is 4.60. The van der Waals surface area contributed by atoms with Crippen LogP contribution < -0.4 is 0 Å². The van der Waals surface area contributed by atoms with E-state index in [0.29, 0.717) is 24.2 Å². The summed E-state index contributed by atoms with van der Waals surface area (Å²) in [5.41, 5.74) is 2.05. The highest BCUT2D eigenvalue weighted by atomic mass is 32.3. The summed E-state index contributed by atoms with van der Waals surface area (Å²) in [5, 5.41) is 0. The van der Waals surface area contributed by atoms with Crippen molar-refractivity contribution in [3.05, 3.63) is 11.6 Å². The highest BCUT2D eigenvalue weighted by molar-refractivity contribution is 7.80. The van der Waals surface area contributed by atoms with Crippen molar-refractivity contribution in [3.63, 3.8) is 0 Å². The summed E-state index contributed by atoms with van der Waals surface area (Å²) in [7, 11) is -4.38. The van der Waals surface area contributed by atoms with Gasteiger partial charge in [-0.15, -0.1) is 0 Å². The van der Waals surface area contributed by atoms with Crippen LogP contribution in [0.25, 0.3) is 0 Å². The molecule has 184 valence electrons. The van der Waals surface area contributed by atoms with Crippen molar-refractivity contribution in [1.82, 2.24) is 0 Å². The first-order valence-electron chi connectivity index (χ1n) is 13.3. The van der Waals surface area contributed by atoms with Gasteiger partial charge in [-0.1, -0.05) is 65.5 Å². The summed E-state index contributed by atoms with van der Waals surface area (Å²) in [6, 6.07) is 0. The van der Waals surface area contributed by atoms with Gasteiger partial charge in [0.15, 0.2) is 0 Å². The molecule has 0 bridgehead atoms. The first-order chi connectivity index (χ1) is 14.9. The van der Waals surface area contributed by atoms with Gasteiger partial charge < -0.3 is 0 Å². The molecule has 1 unspecified atom stereocenters. The van der Waals surface area contributed by atoms with Crippen LogP contribution in [-0.4, -0.2) is 19.1 Å². The van der Waals surface area contributed by atoms with Gasteiger partial charge in [0.2, 0.25) is 0 Å². The zero-order valence-corrected chi connectivity index (χ0v) is 21.8. The van der Waals surface area contributed by atoms with Crippen molar-refractivity contribution >= 4 is 10.4 Å². The zero-order valence-electron chi connectivity index (χ0n) is 21.0. The molecule has 3 fully saturated rings. The second kappa shape index (κ2) is 9.00. The third-order valence-electron chi connectivity index (χ3n) is 10.5. The molecular formula is C27H46O4S. The lowest BCUT2D eigenvalue weighted by Gasteiger charge is -2.58. The lowest BCUT2D eigenvalue weighted by Crippen LogP contribution is -2.51. The molecule has 4 aliphatic rings. The van der Waals surface area contributed by atoms with E-state index < -0.39 is 16.5 Å². The number of fused-ring (bicyclic) bond motifs is 5. The van der Waals surface area contributed by atoms with Gasteiger partial charge in [0.05, 0.1) is 6.10 Å². The van der Waals surface area contributed by atoms with Gasteiger partial charge in [0, 0.05) is 0 Å². The molecular weight excluding hydrogens is 420 g/mol. The molecule has 0 saturated heterocycles. The average molecular weight is 467 g/mol. The molecule has 4 nitrogen and oxygen atoms in total. The van der Waals surface area contributed by atoms with E-state index in [1.165, 1.54) is 50.5 Å². The van der Waals surface area contributed by atoms with Crippen LogP contribution in [0, 0.1) is 46.3 Å². The summed E-state index contributed by atoms with van der Waals surface area (Å²) in [4.78, 5) is 0. The normalized spacial score (nSPS) is 42.7. The van der Waals surface area contributed by atoms with E-state index >= 15 is 0 Å². The van der Waals surface area contributed by atoms with Crippen LogP contribution in [0.1, 0.15) is 105 Å². The molecule has 0 aromatic heterocycles. The van der Waals surface area contributed by atoms with E-state index in [-0.39, 0.29) is 5.41 Å². The third-order valence-corrected chi connectivity index (χ3v) is 11.0.